The zero-order valence-corrected chi connectivity index (χ0v) is 9.32. The lowest BCUT2D eigenvalue weighted by molar-refractivity contribution is 0.243. The smallest absolute Gasteiger partial charge is 0.144 e. The van der Waals surface area contributed by atoms with Crippen LogP contribution in [-0.2, 0) is 0 Å². The zero-order chi connectivity index (χ0) is 11.4. The first kappa shape index (κ1) is 11.4. The summed E-state index contributed by atoms with van der Waals surface area (Å²) in [4.78, 5) is 0. The second-order valence-corrected chi connectivity index (χ2v) is 4.37. The van der Waals surface area contributed by atoms with Crippen LogP contribution in [0, 0.1) is 0 Å². The molecule has 1 heterocycles. The molecule has 2 N–H and O–H groups in total. The Hall–Kier alpha value is -1.09. The molecule has 3 heteroatoms. The average Bonchev–Trinajstić information content (AvgIpc) is 2.57. The van der Waals surface area contributed by atoms with Crippen molar-refractivity contribution in [2.75, 3.05) is 6.54 Å². The molecule has 1 aliphatic rings. The van der Waals surface area contributed by atoms with Gasteiger partial charge in [0.1, 0.15) is 11.9 Å². The quantitative estimate of drug-likeness (QED) is 0.808. The third-order valence-electron chi connectivity index (χ3n) is 3.19. The molecule has 0 bridgehead atoms. The van der Waals surface area contributed by atoms with Gasteiger partial charge in [-0.2, -0.15) is 0 Å². The Morgan fingerprint density at radius 2 is 2.06 bits per heavy atom. The Labute approximate surface area is 95.5 Å². The summed E-state index contributed by atoms with van der Waals surface area (Å²) in [7, 11) is 0. The summed E-state index contributed by atoms with van der Waals surface area (Å²) in [5, 5.41) is 12.8. The predicted molar refractivity (Wildman–Crippen MR) is 62.2 cm³/mol. The highest BCUT2D eigenvalue weighted by atomic mass is 19.1. The molecule has 0 saturated carbocycles. The highest BCUT2D eigenvalue weighted by molar-refractivity contribution is 5.34. The number of hydrogen-bond acceptors (Lipinski definition) is 2. The first-order valence-corrected chi connectivity index (χ1v) is 5.94. The number of benzene rings is 1. The average molecular weight is 223 g/mol. The molecule has 16 heavy (non-hydrogen) atoms. The lowest BCUT2D eigenvalue weighted by Crippen LogP contribution is -2.32. The molecule has 1 aromatic rings. The molecular formula is C13H18FNO. The van der Waals surface area contributed by atoms with Crippen LogP contribution in [0.2, 0.25) is 0 Å². The number of aromatic hydroxyl groups is 1. The van der Waals surface area contributed by atoms with Crippen LogP contribution in [0.1, 0.15) is 37.4 Å². The first-order valence-electron chi connectivity index (χ1n) is 5.94. The predicted octanol–water partition coefficient (Wildman–Crippen LogP) is 2.94. The molecule has 1 fully saturated rings. The van der Waals surface area contributed by atoms with Crippen LogP contribution < -0.4 is 5.32 Å². The van der Waals surface area contributed by atoms with E-state index >= 15 is 0 Å². The number of hydrogen-bond donors (Lipinski definition) is 2. The number of rotatable bonds is 2. The number of halogens is 1. The van der Waals surface area contributed by atoms with Crippen molar-refractivity contribution in [2.24, 2.45) is 0 Å². The molecular weight excluding hydrogens is 205 g/mol. The van der Waals surface area contributed by atoms with E-state index in [2.05, 4.69) is 5.32 Å². The van der Waals surface area contributed by atoms with Gasteiger partial charge < -0.3 is 10.4 Å². The first-order chi connectivity index (χ1) is 7.79. The van der Waals surface area contributed by atoms with Crippen LogP contribution in [-0.4, -0.2) is 17.7 Å². The maximum Gasteiger partial charge on any atom is 0.144 e. The van der Waals surface area contributed by atoms with Crippen molar-refractivity contribution in [1.82, 2.24) is 5.32 Å². The van der Waals surface area contributed by atoms with E-state index < -0.39 is 6.17 Å². The molecule has 1 saturated heterocycles. The van der Waals surface area contributed by atoms with Gasteiger partial charge in [0, 0.05) is 11.6 Å². The molecule has 2 nitrogen and oxygen atoms in total. The van der Waals surface area contributed by atoms with Gasteiger partial charge in [0.25, 0.3) is 0 Å². The zero-order valence-electron chi connectivity index (χ0n) is 9.32. The van der Waals surface area contributed by atoms with Gasteiger partial charge in [-0.1, -0.05) is 31.0 Å². The fraction of sp³-hybridized carbons (Fsp3) is 0.538. The summed E-state index contributed by atoms with van der Waals surface area (Å²) < 4.78 is 14.2. The normalized spacial score (nSPS) is 23.7. The van der Waals surface area contributed by atoms with Gasteiger partial charge in [-0.25, -0.2) is 4.39 Å². The summed E-state index contributed by atoms with van der Waals surface area (Å²) in [6, 6.07) is 6.52. The molecule has 2 atom stereocenters. The van der Waals surface area contributed by atoms with Gasteiger partial charge in [0.15, 0.2) is 0 Å². The maximum absolute atomic E-state index is 14.2. The summed E-state index contributed by atoms with van der Waals surface area (Å²) in [6.45, 7) is 0.874. The monoisotopic (exact) mass is 223 g/mol. The summed E-state index contributed by atoms with van der Waals surface area (Å²) in [5.41, 5.74) is 0.405. The fourth-order valence-electron chi connectivity index (χ4n) is 2.24. The van der Waals surface area contributed by atoms with Crippen LogP contribution in [0.25, 0.3) is 0 Å². The van der Waals surface area contributed by atoms with Crippen LogP contribution in [0.15, 0.2) is 24.3 Å². The molecule has 1 aromatic carbocycles. The van der Waals surface area contributed by atoms with E-state index in [1.165, 1.54) is 0 Å². The Balaban J connectivity index is 2.11. The molecule has 0 spiro atoms. The SMILES string of the molecule is Oc1ccccc1C(F)C1CCCCCN1. The van der Waals surface area contributed by atoms with E-state index in [1.54, 1.807) is 24.3 Å². The maximum atomic E-state index is 14.2. The number of phenols is 1. The Bertz CT molecular complexity index is 334. The minimum Gasteiger partial charge on any atom is -0.508 e. The van der Waals surface area contributed by atoms with Crippen molar-refractivity contribution in [1.29, 1.82) is 0 Å². The Morgan fingerprint density at radius 1 is 1.25 bits per heavy atom. The van der Waals surface area contributed by atoms with Crippen molar-refractivity contribution in [3.8, 4) is 5.75 Å². The second kappa shape index (κ2) is 5.30. The number of alkyl halides is 1. The second-order valence-electron chi connectivity index (χ2n) is 4.37. The molecule has 0 aromatic heterocycles. The Kier molecular flexibility index (Phi) is 3.78. The highest BCUT2D eigenvalue weighted by Gasteiger charge is 2.25. The molecule has 1 aliphatic heterocycles. The minimum atomic E-state index is -1.11. The molecule has 88 valence electrons. The van der Waals surface area contributed by atoms with Crippen LogP contribution in [0.3, 0.4) is 0 Å². The summed E-state index contributed by atoms with van der Waals surface area (Å²) in [6.07, 6.45) is 3.07. The Morgan fingerprint density at radius 3 is 2.88 bits per heavy atom. The molecule has 0 aliphatic carbocycles. The van der Waals surface area contributed by atoms with Gasteiger partial charge in [-0.15, -0.1) is 0 Å². The van der Waals surface area contributed by atoms with Gasteiger partial charge in [-0.05, 0) is 25.5 Å². The summed E-state index contributed by atoms with van der Waals surface area (Å²) in [5.74, 6) is 0.0565. The van der Waals surface area contributed by atoms with E-state index in [0.29, 0.717) is 5.56 Å². The third kappa shape index (κ3) is 2.53. The largest absolute Gasteiger partial charge is 0.508 e. The van der Waals surface area contributed by atoms with Gasteiger partial charge in [0.05, 0.1) is 0 Å². The van der Waals surface area contributed by atoms with Crippen molar-refractivity contribution in [2.45, 2.75) is 37.9 Å². The summed E-state index contributed by atoms with van der Waals surface area (Å²) >= 11 is 0. The van der Waals surface area contributed by atoms with E-state index in [0.717, 1.165) is 32.2 Å². The van der Waals surface area contributed by atoms with E-state index in [1.807, 2.05) is 0 Å². The van der Waals surface area contributed by atoms with Crippen LogP contribution in [0.4, 0.5) is 4.39 Å². The van der Waals surface area contributed by atoms with Crippen LogP contribution in [0.5, 0.6) is 5.75 Å². The molecule has 2 rings (SSSR count). The van der Waals surface area contributed by atoms with Crippen molar-refractivity contribution < 1.29 is 9.50 Å². The fourth-order valence-corrected chi connectivity index (χ4v) is 2.24. The minimum absolute atomic E-state index is 0.0565. The van der Waals surface area contributed by atoms with Crippen molar-refractivity contribution in [3.05, 3.63) is 29.8 Å². The molecule has 0 radical (unpaired) electrons. The van der Waals surface area contributed by atoms with Gasteiger partial charge in [-0.3, -0.25) is 0 Å². The lowest BCUT2D eigenvalue weighted by atomic mass is 9.99. The molecule has 2 unspecified atom stereocenters. The standard InChI is InChI=1S/C13H18FNO/c14-13(10-6-3-4-8-12(10)16)11-7-2-1-5-9-15-11/h3-4,6,8,11,13,15-16H,1-2,5,7,9H2. The van der Waals surface area contributed by atoms with Crippen molar-refractivity contribution in [3.63, 3.8) is 0 Å². The lowest BCUT2D eigenvalue weighted by Gasteiger charge is -2.21. The van der Waals surface area contributed by atoms with Gasteiger partial charge >= 0.3 is 0 Å². The highest BCUT2D eigenvalue weighted by Crippen LogP contribution is 2.31. The van der Waals surface area contributed by atoms with E-state index in [-0.39, 0.29) is 11.8 Å². The topological polar surface area (TPSA) is 32.3 Å². The van der Waals surface area contributed by atoms with Crippen LogP contribution >= 0.6 is 0 Å². The number of para-hydroxylation sites is 1. The van der Waals surface area contributed by atoms with E-state index in [9.17, 15) is 9.50 Å². The third-order valence-corrected chi connectivity index (χ3v) is 3.19. The molecule has 0 amide bonds. The van der Waals surface area contributed by atoms with Gasteiger partial charge in [0.2, 0.25) is 0 Å². The number of phenolic OH excluding ortho intramolecular Hbond substituents is 1. The van der Waals surface area contributed by atoms with Crippen molar-refractivity contribution >= 4 is 0 Å². The number of nitrogens with one attached hydrogen (secondary N) is 1. The van der Waals surface area contributed by atoms with E-state index in [4.69, 9.17) is 0 Å².